The average molecular weight is 383 g/mol. The molecular weight excluding hydrogens is 366 g/mol. The maximum atomic E-state index is 12.3. The van der Waals surface area contributed by atoms with Gasteiger partial charge in [0.25, 0.3) is 0 Å². The fourth-order valence-corrected chi connectivity index (χ4v) is 3.36. The fourth-order valence-electron chi connectivity index (χ4n) is 3.36. The van der Waals surface area contributed by atoms with Gasteiger partial charge in [0.1, 0.15) is 5.65 Å². The first-order valence-corrected chi connectivity index (χ1v) is 9.10. The highest BCUT2D eigenvalue weighted by Gasteiger charge is 2.14. The third-order valence-electron chi connectivity index (χ3n) is 4.70. The Morgan fingerprint density at radius 2 is 1.90 bits per heavy atom. The number of nitrogen functional groups attached to an aromatic ring is 1. The molecule has 0 amide bonds. The fraction of sp³-hybridized carbons (Fsp3) is 0.0476. The molecule has 0 bridgehead atoms. The van der Waals surface area contributed by atoms with Crippen molar-refractivity contribution < 1.29 is 0 Å². The highest BCUT2D eigenvalue weighted by Crippen LogP contribution is 2.25. The molecule has 0 aliphatic rings. The first-order valence-electron chi connectivity index (χ1n) is 9.10. The summed E-state index contributed by atoms with van der Waals surface area (Å²) < 4.78 is 1.90. The van der Waals surface area contributed by atoms with Gasteiger partial charge in [0.05, 0.1) is 22.3 Å². The summed E-state index contributed by atoms with van der Waals surface area (Å²) in [6.07, 6.45) is 3.23. The molecule has 0 saturated heterocycles. The first-order chi connectivity index (χ1) is 14.2. The zero-order chi connectivity index (χ0) is 19.8. The van der Waals surface area contributed by atoms with Crippen LogP contribution < -0.4 is 16.5 Å². The van der Waals surface area contributed by atoms with E-state index in [-0.39, 0.29) is 11.4 Å². The monoisotopic (exact) mass is 383 g/mol. The molecule has 5 aromatic rings. The summed E-state index contributed by atoms with van der Waals surface area (Å²) in [4.78, 5) is 28.5. The Balaban J connectivity index is 1.71. The Morgan fingerprint density at radius 3 is 2.72 bits per heavy atom. The molecule has 0 radical (unpaired) electrons. The first kappa shape index (κ1) is 16.9. The Kier molecular flexibility index (Phi) is 3.94. The molecule has 4 heterocycles. The van der Waals surface area contributed by atoms with Crippen molar-refractivity contribution in [3.8, 4) is 11.4 Å². The third-order valence-corrected chi connectivity index (χ3v) is 4.70. The number of hydrogen-bond donors (Lipinski definition) is 3. The van der Waals surface area contributed by atoms with Crippen LogP contribution >= 0.6 is 0 Å². The second-order valence-electron chi connectivity index (χ2n) is 6.61. The molecule has 0 unspecified atom stereocenters. The zero-order valence-electron chi connectivity index (χ0n) is 15.3. The Hall–Kier alpha value is -4.20. The van der Waals surface area contributed by atoms with Gasteiger partial charge in [0.15, 0.2) is 5.43 Å². The highest BCUT2D eigenvalue weighted by molar-refractivity contribution is 5.86. The van der Waals surface area contributed by atoms with Crippen LogP contribution in [-0.4, -0.2) is 24.3 Å². The predicted octanol–water partition coefficient (Wildman–Crippen LogP) is 2.83. The Morgan fingerprint density at radius 1 is 1.03 bits per heavy atom. The van der Waals surface area contributed by atoms with Gasteiger partial charge in [0.2, 0.25) is 11.9 Å². The van der Waals surface area contributed by atoms with Gasteiger partial charge in [-0.25, -0.2) is 15.0 Å². The van der Waals surface area contributed by atoms with Crippen LogP contribution in [0.1, 0.15) is 5.56 Å². The van der Waals surface area contributed by atoms with Crippen molar-refractivity contribution in [2.75, 3.05) is 11.1 Å². The van der Waals surface area contributed by atoms with E-state index in [9.17, 15) is 4.79 Å². The molecule has 5 rings (SSSR count). The number of aromatic amines is 1. The van der Waals surface area contributed by atoms with Gasteiger partial charge < -0.3 is 16.0 Å². The second-order valence-corrected chi connectivity index (χ2v) is 6.61. The van der Waals surface area contributed by atoms with Crippen LogP contribution in [0, 0.1) is 0 Å². The van der Waals surface area contributed by atoms with Crippen LogP contribution in [0.2, 0.25) is 0 Å². The molecule has 0 saturated carbocycles. The van der Waals surface area contributed by atoms with E-state index in [0.29, 0.717) is 34.9 Å². The van der Waals surface area contributed by atoms with Crippen molar-refractivity contribution in [3.05, 3.63) is 82.8 Å². The molecule has 0 spiro atoms. The summed E-state index contributed by atoms with van der Waals surface area (Å²) in [7, 11) is 0. The maximum absolute atomic E-state index is 12.3. The van der Waals surface area contributed by atoms with Crippen LogP contribution in [0.5, 0.6) is 0 Å². The summed E-state index contributed by atoms with van der Waals surface area (Å²) in [5.41, 5.74) is 9.56. The number of nitrogens with one attached hydrogen (secondary N) is 2. The van der Waals surface area contributed by atoms with Crippen molar-refractivity contribution in [1.82, 2.24) is 24.3 Å². The Bertz CT molecular complexity index is 1390. The highest BCUT2D eigenvalue weighted by atomic mass is 16.1. The molecule has 1 aromatic carbocycles. The normalized spacial score (nSPS) is 11.2. The summed E-state index contributed by atoms with van der Waals surface area (Å²) in [6, 6.07) is 17.0. The van der Waals surface area contributed by atoms with E-state index < -0.39 is 0 Å². The minimum Gasteiger partial charge on any atom is -0.368 e. The van der Waals surface area contributed by atoms with E-state index in [1.807, 2.05) is 46.9 Å². The lowest BCUT2D eigenvalue weighted by Crippen LogP contribution is -2.08. The number of pyridine rings is 1. The number of nitrogens with two attached hydrogens (primary N) is 1. The van der Waals surface area contributed by atoms with Gasteiger partial charge in [-0.2, -0.15) is 0 Å². The van der Waals surface area contributed by atoms with E-state index in [2.05, 4.69) is 20.3 Å². The smallest absolute Gasteiger partial charge is 0.220 e. The number of benzene rings is 1. The van der Waals surface area contributed by atoms with Gasteiger partial charge in [0, 0.05) is 25.0 Å². The van der Waals surface area contributed by atoms with Crippen LogP contribution in [-0.2, 0) is 6.54 Å². The predicted molar refractivity (Wildman–Crippen MR) is 113 cm³/mol. The van der Waals surface area contributed by atoms with Crippen molar-refractivity contribution >= 4 is 28.4 Å². The van der Waals surface area contributed by atoms with E-state index in [1.54, 1.807) is 18.5 Å². The van der Waals surface area contributed by atoms with Gasteiger partial charge in [-0.1, -0.05) is 30.3 Å². The van der Waals surface area contributed by atoms with Crippen LogP contribution in [0.15, 0.2) is 71.8 Å². The molecule has 0 aliphatic carbocycles. The van der Waals surface area contributed by atoms with Crippen LogP contribution in [0.3, 0.4) is 0 Å². The molecule has 8 heteroatoms. The van der Waals surface area contributed by atoms with Gasteiger partial charge in [-0.3, -0.25) is 9.20 Å². The number of H-pyrrole nitrogens is 1. The van der Waals surface area contributed by atoms with Crippen LogP contribution in [0.4, 0.5) is 11.9 Å². The largest absolute Gasteiger partial charge is 0.368 e. The van der Waals surface area contributed by atoms with Gasteiger partial charge >= 0.3 is 0 Å². The quantitative estimate of drug-likeness (QED) is 0.440. The molecule has 142 valence electrons. The van der Waals surface area contributed by atoms with E-state index >= 15 is 0 Å². The minimum atomic E-state index is -0.0516. The maximum Gasteiger partial charge on any atom is 0.220 e. The standard InChI is InChI=1S/C21H17N7O/c22-20-24-8-6-16(26-20)17-11-14-10-15-18(29)7-9-23-19(15)28(14)21(27-17)25-12-13-4-2-1-3-5-13/h1-11H,12H2,(H,23,29)(H,25,27)(H2,22,24,26). The van der Waals surface area contributed by atoms with Crippen LogP contribution in [0.25, 0.3) is 27.9 Å². The topological polar surface area (TPSA) is 114 Å². The SMILES string of the molecule is Nc1nccc(-c2cc3cc4c(=O)cc[nH]c4n3c(NCc3ccccc3)n2)n1. The van der Waals surface area contributed by atoms with E-state index in [4.69, 9.17) is 10.7 Å². The lowest BCUT2D eigenvalue weighted by molar-refractivity contribution is 1.02. The molecular formula is C21H17N7O. The molecule has 8 nitrogen and oxygen atoms in total. The minimum absolute atomic E-state index is 0.0516. The number of hydrogen-bond acceptors (Lipinski definition) is 6. The number of fused-ring (bicyclic) bond motifs is 3. The van der Waals surface area contributed by atoms with E-state index in [0.717, 1.165) is 11.1 Å². The van der Waals surface area contributed by atoms with Gasteiger partial charge in [-0.15, -0.1) is 0 Å². The van der Waals surface area contributed by atoms with Crippen molar-refractivity contribution in [3.63, 3.8) is 0 Å². The third kappa shape index (κ3) is 3.06. The number of nitrogens with zero attached hydrogens (tertiary/aromatic N) is 4. The summed E-state index contributed by atoms with van der Waals surface area (Å²) in [6.45, 7) is 0.578. The number of rotatable bonds is 4. The van der Waals surface area contributed by atoms with Crippen molar-refractivity contribution in [2.45, 2.75) is 6.54 Å². The number of aromatic nitrogens is 5. The van der Waals surface area contributed by atoms with E-state index in [1.165, 1.54) is 6.07 Å². The Labute approximate surface area is 165 Å². The summed E-state index contributed by atoms with van der Waals surface area (Å²) in [5.74, 6) is 0.772. The molecule has 0 fully saturated rings. The van der Waals surface area contributed by atoms with Gasteiger partial charge in [-0.05, 0) is 23.8 Å². The molecule has 0 aliphatic heterocycles. The average Bonchev–Trinajstić information content (AvgIpc) is 3.13. The lowest BCUT2D eigenvalue weighted by Gasteiger charge is -2.12. The summed E-state index contributed by atoms with van der Waals surface area (Å²) >= 11 is 0. The summed E-state index contributed by atoms with van der Waals surface area (Å²) in [5, 5.41) is 3.98. The van der Waals surface area contributed by atoms with Crippen molar-refractivity contribution in [2.24, 2.45) is 0 Å². The van der Waals surface area contributed by atoms with Crippen molar-refractivity contribution in [1.29, 1.82) is 0 Å². The lowest BCUT2D eigenvalue weighted by atomic mass is 10.2. The number of anilines is 2. The second kappa shape index (κ2) is 6.75. The molecule has 4 aromatic heterocycles. The zero-order valence-corrected chi connectivity index (χ0v) is 15.3. The molecule has 4 N–H and O–H groups in total. The molecule has 29 heavy (non-hydrogen) atoms. The molecule has 0 atom stereocenters.